The topological polar surface area (TPSA) is 71.3 Å². The summed E-state index contributed by atoms with van der Waals surface area (Å²) in [5.74, 6) is 0.0545. The van der Waals surface area contributed by atoms with Crippen molar-refractivity contribution in [3.8, 4) is 0 Å². The summed E-state index contributed by atoms with van der Waals surface area (Å²) >= 11 is 6.17. The Kier molecular flexibility index (Phi) is 5.07. The number of nitrogens with zero attached hydrogens (tertiary/aromatic N) is 3. The molecule has 0 saturated carbocycles. The standard InChI is InChI=1S/C20H19ClN4O2/c21-16-11-5-4-10-15(16)18(26)22-17(14-8-2-1-3-9-14)19-23-24-20(27-19)25-12-6-7-13-25/h1-5,8-11,17H,6-7,12-13H2,(H,22,26)/t17-/m0/s1. The maximum Gasteiger partial charge on any atom is 0.318 e. The fourth-order valence-electron chi connectivity index (χ4n) is 3.17. The summed E-state index contributed by atoms with van der Waals surface area (Å²) in [5.41, 5.74) is 1.26. The van der Waals surface area contributed by atoms with Gasteiger partial charge >= 0.3 is 6.01 Å². The molecule has 3 aromatic rings. The molecule has 0 radical (unpaired) electrons. The fourth-order valence-corrected chi connectivity index (χ4v) is 3.39. The molecule has 1 aliphatic heterocycles. The smallest absolute Gasteiger partial charge is 0.318 e. The lowest BCUT2D eigenvalue weighted by atomic mass is 10.1. The monoisotopic (exact) mass is 382 g/mol. The van der Waals surface area contributed by atoms with Crippen molar-refractivity contribution >= 4 is 23.5 Å². The van der Waals surface area contributed by atoms with Crippen LogP contribution in [0, 0.1) is 0 Å². The van der Waals surface area contributed by atoms with Gasteiger partial charge in [-0.05, 0) is 30.5 Å². The molecule has 0 aliphatic carbocycles. The molecule has 1 saturated heterocycles. The average molecular weight is 383 g/mol. The summed E-state index contributed by atoms with van der Waals surface area (Å²) in [6, 6.07) is 16.4. The average Bonchev–Trinajstić information content (AvgIpc) is 3.38. The van der Waals surface area contributed by atoms with E-state index in [1.54, 1.807) is 24.3 Å². The lowest BCUT2D eigenvalue weighted by Gasteiger charge is -2.16. The number of benzene rings is 2. The predicted octanol–water partition coefficient (Wildman–Crippen LogP) is 3.84. The largest absolute Gasteiger partial charge is 0.405 e. The van der Waals surface area contributed by atoms with Crippen LogP contribution in [-0.2, 0) is 0 Å². The Balaban J connectivity index is 1.64. The Labute approximate surface area is 162 Å². The van der Waals surface area contributed by atoms with E-state index in [0.717, 1.165) is 31.5 Å². The maximum absolute atomic E-state index is 12.8. The van der Waals surface area contributed by atoms with E-state index < -0.39 is 6.04 Å². The quantitative estimate of drug-likeness (QED) is 0.725. The van der Waals surface area contributed by atoms with Crippen molar-refractivity contribution < 1.29 is 9.21 Å². The number of nitrogens with one attached hydrogen (secondary N) is 1. The molecule has 2 aromatic carbocycles. The second kappa shape index (κ2) is 7.80. The van der Waals surface area contributed by atoms with Crippen molar-refractivity contribution in [3.05, 3.63) is 76.6 Å². The summed E-state index contributed by atoms with van der Waals surface area (Å²) < 4.78 is 5.91. The number of amides is 1. The van der Waals surface area contributed by atoms with Gasteiger partial charge in [-0.3, -0.25) is 4.79 Å². The first-order valence-electron chi connectivity index (χ1n) is 8.91. The molecular weight excluding hydrogens is 364 g/mol. The zero-order valence-electron chi connectivity index (χ0n) is 14.6. The summed E-state index contributed by atoms with van der Waals surface area (Å²) in [6.07, 6.45) is 2.23. The minimum Gasteiger partial charge on any atom is -0.405 e. The molecule has 1 atom stereocenters. The van der Waals surface area contributed by atoms with Crippen molar-refractivity contribution in [3.63, 3.8) is 0 Å². The van der Waals surface area contributed by atoms with Crippen LogP contribution in [0.2, 0.25) is 5.02 Å². The zero-order valence-corrected chi connectivity index (χ0v) is 15.4. The highest BCUT2D eigenvalue weighted by Crippen LogP contribution is 2.26. The summed E-state index contributed by atoms with van der Waals surface area (Å²) in [4.78, 5) is 14.9. The zero-order chi connectivity index (χ0) is 18.6. The van der Waals surface area contributed by atoms with Crippen molar-refractivity contribution in [2.75, 3.05) is 18.0 Å². The van der Waals surface area contributed by atoms with Crippen LogP contribution < -0.4 is 10.2 Å². The summed E-state index contributed by atoms with van der Waals surface area (Å²) in [5, 5.41) is 11.7. The predicted molar refractivity (Wildman–Crippen MR) is 103 cm³/mol. The van der Waals surface area contributed by atoms with E-state index in [4.69, 9.17) is 16.0 Å². The first-order chi connectivity index (χ1) is 13.2. The molecular formula is C20H19ClN4O2. The molecule has 1 aliphatic rings. The summed E-state index contributed by atoms with van der Waals surface area (Å²) in [7, 11) is 0. The molecule has 6 nitrogen and oxygen atoms in total. The number of halogens is 1. The molecule has 1 amide bonds. The molecule has 2 heterocycles. The van der Waals surface area contributed by atoms with E-state index >= 15 is 0 Å². The van der Waals surface area contributed by atoms with E-state index in [1.807, 2.05) is 30.3 Å². The Morgan fingerprint density at radius 1 is 1.04 bits per heavy atom. The molecule has 138 valence electrons. The van der Waals surface area contributed by atoms with Crippen LogP contribution >= 0.6 is 11.6 Å². The third kappa shape index (κ3) is 3.80. The highest BCUT2D eigenvalue weighted by Gasteiger charge is 2.26. The SMILES string of the molecule is O=C(N[C@@H](c1ccccc1)c1nnc(N2CCCC2)o1)c1ccccc1Cl. The van der Waals surface area contributed by atoms with Crippen molar-refractivity contribution in [2.24, 2.45) is 0 Å². The van der Waals surface area contributed by atoms with Crippen LogP contribution in [0.4, 0.5) is 6.01 Å². The highest BCUT2D eigenvalue weighted by atomic mass is 35.5. The van der Waals surface area contributed by atoms with E-state index in [1.165, 1.54) is 0 Å². The van der Waals surface area contributed by atoms with Gasteiger partial charge < -0.3 is 14.6 Å². The third-order valence-electron chi connectivity index (χ3n) is 4.58. The van der Waals surface area contributed by atoms with Crippen LogP contribution in [-0.4, -0.2) is 29.2 Å². The molecule has 0 unspecified atom stereocenters. The summed E-state index contributed by atoms with van der Waals surface area (Å²) in [6.45, 7) is 1.81. The minimum atomic E-state index is -0.557. The molecule has 1 fully saturated rings. The van der Waals surface area contributed by atoms with Gasteiger partial charge in [0.25, 0.3) is 5.91 Å². The third-order valence-corrected chi connectivity index (χ3v) is 4.91. The van der Waals surface area contributed by atoms with E-state index in [-0.39, 0.29) is 5.91 Å². The molecule has 7 heteroatoms. The minimum absolute atomic E-state index is 0.296. The Hall–Kier alpha value is -2.86. The van der Waals surface area contributed by atoms with Crippen LogP contribution in [0.1, 0.15) is 40.7 Å². The Bertz CT molecular complexity index is 922. The van der Waals surface area contributed by atoms with E-state index in [9.17, 15) is 4.79 Å². The second-order valence-corrected chi connectivity index (χ2v) is 6.82. The van der Waals surface area contributed by atoms with Gasteiger partial charge in [0.2, 0.25) is 5.89 Å². The fraction of sp³-hybridized carbons (Fsp3) is 0.250. The van der Waals surface area contributed by atoms with Gasteiger partial charge in [0.15, 0.2) is 0 Å². The molecule has 27 heavy (non-hydrogen) atoms. The number of carbonyl (C=O) groups is 1. The van der Waals surface area contributed by atoms with Crippen molar-refractivity contribution in [1.82, 2.24) is 15.5 Å². The van der Waals surface area contributed by atoms with Crippen molar-refractivity contribution in [2.45, 2.75) is 18.9 Å². The number of anilines is 1. The van der Waals surface area contributed by atoms with Crippen LogP contribution in [0.3, 0.4) is 0 Å². The molecule has 0 spiro atoms. The van der Waals surface area contributed by atoms with Gasteiger partial charge in [-0.25, -0.2) is 0 Å². The molecule has 0 bridgehead atoms. The molecule has 1 aromatic heterocycles. The number of hydrogen-bond acceptors (Lipinski definition) is 5. The van der Waals surface area contributed by atoms with E-state index in [0.29, 0.717) is 22.5 Å². The number of rotatable bonds is 5. The van der Waals surface area contributed by atoms with Gasteiger partial charge in [-0.1, -0.05) is 59.2 Å². The van der Waals surface area contributed by atoms with Gasteiger partial charge in [0.05, 0.1) is 10.6 Å². The van der Waals surface area contributed by atoms with Crippen LogP contribution in [0.25, 0.3) is 0 Å². The maximum atomic E-state index is 12.8. The number of carbonyl (C=O) groups excluding carboxylic acids is 1. The molecule has 4 rings (SSSR count). The first-order valence-corrected chi connectivity index (χ1v) is 9.29. The number of aromatic nitrogens is 2. The number of hydrogen-bond donors (Lipinski definition) is 1. The van der Waals surface area contributed by atoms with Gasteiger partial charge in [-0.15, -0.1) is 5.10 Å². The molecule has 1 N–H and O–H groups in total. The first kappa shape index (κ1) is 17.5. The van der Waals surface area contributed by atoms with Crippen molar-refractivity contribution in [1.29, 1.82) is 0 Å². The lowest BCUT2D eigenvalue weighted by molar-refractivity contribution is 0.0938. The van der Waals surface area contributed by atoms with Gasteiger partial charge in [-0.2, -0.15) is 0 Å². The Morgan fingerprint density at radius 3 is 2.48 bits per heavy atom. The van der Waals surface area contributed by atoms with Crippen LogP contribution in [0.15, 0.2) is 59.0 Å². The normalized spacial score (nSPS) is 14.9. The van der Waals surface area contributed by atoms with Gasteiger partial charge in [0.1, 0.15) is 6.04 Å². The van der Waals surface area contributed by atoms with Crippen LogP contribution in [0.5, 0.6) is 0 Å². The van der Waals surface area contributed by atoms with E-state index in [2.05, 4.69) is 20.4 Å². The lowest BCUT2D eigenvalue weighted by Crippen LogP contribution is -2.29. The van der Waals surface area contributed by atoms with Gasteiger partial charge in [0, 0.05) is 13.1 Å². The Morgan fingerprint density at radius 2 is 1.74 bits per heavy atom. The second-order valence-electron chi connectivity index (χ2n) is 6.41. The highest BCUT2D eigenvalue weighted by molar-refractivity contribution is 6.33.